The van der Waals surface area contributed by atoms with Crippen molar-refractivity contribution in [1.29, 1.82) is 0 Å². The number of nitrogen functional groups attached to an aromatic ring is 1. The number of nitrogens with one attached hydrogen (secondary N) is 1. The smallest absolute Gasteiger partial charge is 0.162 e. The minimum atomic E-state index is -0.270. The molecule has 1 fully saturated rings. The van der Waals surface area contributed by atoms with E-state index in [-0.39, 0.29) is 5.60 Å². The third-order valence-corrected chi connectivity index (χ3v) is 4.64. The van der Waals surface area contributed by atoms with Crippen LogP contribution in [0.5, 0.6) is 0 Å². The van der Waals surface area contributed by atoms with Crippen molar-refractivity contribution < 1.29 is 4.74 Å². The first-order valence-electron chi connectivity index (χ1n) is 5.79. The highest BCUT2D eigenvalue weighted by Crippen LogP contribution is 2.44. The zero-order valence-corrected chi connectivity index (χ0v) is 10.6. The molecule has 92 valence electrons. The van der Waals surface area contributed by atoms with Gasteiger partial charge in [-0.2, -0.15) is 11.8 Å². The van der Waals surface area contributed by atoms with Crippen LogP contribution in [0.25, 0.3) is 0 Å². The number of hydrogen-bond acceptors (Lipinski definition) is 6. The van der Waals surface area contributed by atoms with Crippen LogP contribution >= 0.6 is 11.8 Å². The zero-order valence-electron chi connectivity index (χ0n) is 9.82. The number of hydrogen-bond donors (Lipinski definition) is 2. The third kappa shape index (κ3) is 1.63. The van der Waals surface area contributed by atoms with Gasteiger partial charge in [-0.25, -0.2) is 15.8 Å². The molecule has 0 bridgehead atoms. The van der Waals surface area contributed by atoms with E-state index < -0.39 is 0 Å². The number of hydrazine groups is 1. The highest BCUT2D eigenvalue weighted by Gasteiger charge is 2.42. The van der Waals surface area contributed by atoms with E-state index in [2.05, 4.69) is 15.4 Å². The lowest BCUT2D eigenvalue weighted by Crippen LogP contribution is -2.38. The molecule has 1 aliphatic carbocycles. The van der Waals surface area contributed by atoms with E-state index in [1.165, 1.54) is 6.42 Å². The predicted octanol–water partition coefficient (Wildman–Crippen LogP) is 1.53. The number of nitrogens with two attached hydrogens (primary N) is 1. The molecule has 0 saturated heterocycles. The van der Waals surface area contributed by atoms with Crippen LogP contribution in [-0.4, -0.2) is 17.1 Å². The van der Waals surface area contributed by atoms with Gasteiger partial charge in [0, 0.05) is 24.2 Å². The molecule has 0 amide bonds. The number of fused-ring (bicyclic) bond motifs is 1. The van der Waals surface area contributed by atoms with Crippen molar-refractivity contribution >= 4 is 17.6 Å². The standard InChI is InChI=1S/C11H16N4OS/c1-16-11(3-2-4-11)10-13-8-6-17-5-7(8)9(14-10)15-12/h2-6,12H2,1H3,(H,13,14,15). The van der Waals surface area contributed by atoms with Gasteiger partial charge in [-0.1, -0.05) is 0 Å². The van der Waals surface area contributed by atoms with E-state index in [0.717, 1.165) is 47.2 Å². The number of ether oxygens (including phenoxy) is 1. The van der Waals surface area contributed by atoms with Gasteiger partial charge in [0.15, 0.2) is 5.82 Å². The van der Waals surface area contributed by atoms with Gasteiger partial charge in [0.25, 0.3) is 0 Å². The zero-order chi connectivity index (χ0) is 11.9. The highest BCUT2D eigenvalue weighted by molar-refractivity contribution is 7.98. The summed E-state index contributed by atoms with van der Waals surface area (Å²) < 4.78 is 5.62. The van der Waals surface area contributed by atoms with Crippen molar-refractivity contribution in [2.75, 3.05) is 12.5 Å². The second kappa shape index (κ2) is 4.12. The lowest BCUT2D eigenvalue weighted by Gasteiger charge is -2.39. The van der Waals surface area contributed by atoms with E-state index in [1.54, 1.807) is 7.11 Å². The quantitative estimate of drug-likeness (QED) is 0.628. The van der Waals surface area contributed by atoms with Crippen LogP contribution in [0.4, 0.5) is 5.82 Å². The number of aromatic nitrogens is 2. The molecule has 3 rings (SSSR count). The summed E-state index contributed by atoms with van der Waals surface area (Å²) >= 11 is 1.85. The average Bonchev–Trinajstić information content (AvgIpc) is 2.75. The number of thioether (sulfide) groups is 1. The van der Waals surface area contributed by atoms with Crippen LogP contribution in [0.1, 0.15) is 36.3 Å². The summed E-state index contributed by atoms with van der Waals surface area (Å²) in [7, 11) is 1.74. The molecule has 6 heteroatoms. The second-order valence-electron chi connectivity index (χ2n) is 4.51. The largest absolute Gasteiger partial charge is 0.370 e. The molecule has 2 aliphatic rings. The van der Waals surface area contributed by atoms with Crippen molar-refractivity contribution in [1.82, 2.24) is 9.97 Å². The molecule has 0 radical (unpaired) electrons. The van der Waals surface area contributed by atoms with Crippen molar-refractivity contribution in [2.24, 2.45) is 5.84 Å². The van der Waals surface area contributed by atoms with Gasteiger partial charge in [0.2, 0.25) is 0 Å². The summed E-state index contributed by atoms with van der Waals surface area (Å²) in [5, 5.41) is 0. The first kappa shape index (κ1) is 11.3. The Morgan fingerprint density at radius 2 is 2.18 bits per heavy atom. The normalized spacial score (nSPS) is 20.8. The van der Waals surface area contributed by atoms with Crippen molar-refractivity contribution in [3.05, 3.63) is 17.1 Å². The van der Waals surface area contributed by atoms with Gasteiger partial charge >= 0.3 is 0 Å². The summed E-state index contributed by atoms with van der Waals surface area (Å²) in [5.41, 5.74) is 4.68. The van der Waals surface area contributed by atoms with Gasteiger partial charge in [-0.15, -0.1) is 0 Å². The number of rotatable bonds is 3. The van der Waals surface area contributed by atoms with Crippen LogP contribution < -0.4 is 11.3 Å². The molecule has 2 heterocycles. The fraction of sp³-hybridized carbons (Fsp3) is 0.636. The summed E-state index contributed by atoms with van der Waals surface area (Å²) in [6.07, 6.45) is 3.17. The maximum absolute atomic E-state index is 5.62. The van der Waals surface area contributed by atoms with E-state index >= 15 is 0 Å². The van der Waals surface area contributed by atoms with Crippen LogP contribution in [0.3, 0.4) is 0 Å². The van der Waals surface area contributed by atoms with Crippen LogP contribution in [-0.2, 0) is 21.8 Å². The molecule has 1 aromatic heterocycles. The van der Waals surface area contributed by atoms with Gasteiger partial charge in [0.05, 0.1) is 5.69 Å². The Balaban J connectivity index is 2.06. The lowest BCUT2D eigenvalue weighted by molar-refractivity contribution is -0.0846. The molecule has 1 aliphatic heterocycles. The van der Waals surface area contributed by atoms with E-state index in [4.69, 9.17) is 10.6 Å². The highest BCUT2D eigenvalue weighted by atomic mass is 32.2. The topological polar surface area (TPSA) is 73.1 Å². The summed E-state index contributed by atoms with van der Waals surface area (Å²) in [5.74, 6) is 8.98. The van der Waals surface area contributed by atoms with Gasteiger partial charge < -0.3 is 10.2 Å². The summed E-state index contributed by atoms with van der Waals surface area (Å²) in [6, 6.07) is 0. The summed E-state index contributed by atoms with van der Waals surface area (Å²) in [4.78, 5) is 9.22. The van der Waals surface area contributed by atoms with Crippen LogP contribution in [0.2, 0.25) is 0 Å². The monoisotopic (exact) mass is 252 g/mol. The first-order valence-corrected chi connectivity index (χ1v) is 6.94. The Morgan fingerprint density at radius 3 is 2.76 bits per heavy atom. The molecule has 1 saturated carbocycles. The number of nitrogens with zero attached hydrogens (tertiary/aromatic N) is 2. The van der Waals surface area contributed by atoms with E-state index in [0.29, 0.717) is 0 Å². The fourth-order valence-corrected chi connectivity index (χ4v) is 3.43. The Hall–Kier alpha value is -0.850. The van der Waals surface area contributed by atoms with Crippen LogP contribution in [0.15, 0.2) is 0 Å². The summed E-state index contributed by atoms with van der Waals surface area (Å²) in [6.45, 7) is 0. The first-order chi connectivity index (χ1) is 8.29. The van der Waals surface area contributed by atoms with Gasteiger partial charge in [-0.3, -0.25) is 0 Å². The predicted molar refractivity (Wildman–Crippen MR) is 67.4 cm³/mol. The molecule has 1 aromatic rings. The molecule has 0 atom stereocenters. The second-order valence-corrected chi connectivity index (χ2v) is 5.50. The Kier molecular flexibility index (Phi) is 2.72. The molecule has 3 N–H and O–H groups in total. The Morgan fingerprint density at radius 1 is 1.35 bits per heavy atom. The average molecular weight is 252 g/mol. The molecule has 0 spiro atoms. The Bertz CT molecular complexity index is 442. The molecule has 0 aromatic carbocycles. The van der Waals surface area contributed by atoms with Crippen molar-refractivity contribution in [3.63, 3.8) is 0 Å². The maximum atomic E-state index is 5.62. The van der Waals surface area contributed by atoms with E-state index in [9.17, 15) is 0 Å². The lowest BCUT2D eigenvalue weighted by atomic mass is 9.79. The van der Waals surface area contributed by atoms with Gasteiger partial charge in [-0.05, 0) is 19.3 Å². The SMILES string of the molecule is COC1(c2nc3c(c(NN)n2)CSC3)CCC1. The van der Waals surface area contributed by atoms with Crippen LogP contribution in [0, 0.1) is 0 Å². The minimum Gasteiger partial charge on any atom is -0.370 e. The molecule has 0 unspecified atom stereocenters. The molecular weight excluding hydrogens is 236 g/mol. The molecule has 17 heavy (non-hydrogen) atoms. The number of methoxy groups -OCH3 is 1. The van der Waals surface area contributed by atoms with Gasteiger partial charge in [0.1, 0.15) is 11.4 Å². The maximum Gasteiger partial charge on any atom is 0.162 e. The Labute approximate surface area is 105 Å². The number of anilines is 1. The molecular formula is C11H16N4OS. The van der Waals surface area contributed by atoms with Crippen molar-refractivity contribution in [3.8, 4) is 0 Å². The fourth-order valence-electron chi connectivity index (χ4n) is 2.39. The van der Waals surface area contributed by atoms with Crippen molar-refractivity contribution in [2.45, 2.75) is 36.4 Å². The minimum absolute atomic E-state index is 0.270. The third-order valence-electron chi connectivity index (χ3n) is 3.67. The molecule has 5 nitrogen and oxygen atoms in total. The van der Waals surface area contributed by atoms with E-state index in [1.807, 2.05) is 11.8 Å².